The second-order valence-electron chi connectivity index (χ2n) is 4.45. The first-order valence-corrected chi connectivity index (χ1v) is 6.69. The van der Waals surface area contributed by atoms with E-state index in [1.54, 1.807) is 6.21 Å². The second kappa shape index (κ2) is 6.98. The zero-order valence-electron chi connectivity index (χ0n) is 11.7. The quantitative estimate of drug-likeness (QED) is 0.537. The number of ether oxygens (including phenoxy) is 1. The van der Waals surface area contributed by atoms with Crippen LogP contribution in [0.2, 0.25) is 0 Å². The highest BCUT2D eigenvalue weighted by atomic mass is 16.5. The molecule has 3 aromatic rings. The van der Waals surface area contributed by atoms with Crippen molar-refractivity contribution in [2.45, 2.75) is 6.61 Å². The zero-order chi connectivity index (χ0) is 15.0. The molecule has 0 fully saturated rings. The Morgan fingerprint density at radius 1 is 1.09 bits per heavy atom. The van der Waals surface area contributed by atoms with E-state index >= 15 is 0 Å². The van der Waals surface area contributed by atoms with Gasteiger partial charge in [-0.3, -0.25) is 0 Å². The molecule has 7 nitrogen and oxygen atoms in total. The number of tetrazole rings is 1. The third-order valence-corrected chi connectivity index (χ3v) is 2.85. The summed E-state index contributed by atoms with van der Waals surface area (Å²) in [6.45, 7) is 0.549. The van der Waals surface area contributed by atoms with Crippen LogP contribution in [-0.2, 0) is 6.61 Å². The molecule has 0 bridgehead atoms. The van der Waals surface area contributed by atoms with Crippen LogP contribution in [0.25, 0.3) is 0 Å². The molecule has 22 heavy (non-hydrogen) atoms. The van der Waals surface area contributed by atoms with E-state index in [1.165, 1.54) is 0 Å². The Kier molecular flexibility index (Phi) is 4.36. The maximum atomic E-state index is 5.72. The molecule has 7 heteroatoms. The summed E-state index contributed by atoms with van der Waals surface area (Å²) < 4.78 is 5.72. The molecule has 0 saturated heterocycles. The van der Waals surface area contributed by atoms with Crippen LogP contribution in [-0.4, -0.2) is 26.8 Å². The number of nitrogens with one attached hydrogen (secondary N) is 2. The molecule has 3 rings (SSSR count). The van der Waals surface area contributed by atoms with E-state index in [0.29, 0.717) is 12.6 Å². The molecular formula is C15H14N6O. The molecule has 0 atom stereocenters. The third kappa shape index (κ3) is 3.89. The van der Waals surface area contributed by atoms with Crippen molar-refractivity contribution in [2.75, 3.05) is 5.43 Å². The van der Waals surface area contributed by atoms with E-state index < -0.39 is 0 Å². The molecule has 0 radical (unpaired) electrons. The van der Waals surface area contributed by atoms with Crippen LogP contribution >= 0.6 is 0 Å². The Labute approximate surface area is 127 Å². The number of hydrogen-bond donors (Lipinski definition) is 2. The molecule has 0 spiro atoms. The van der Waals surface area contributed by atoms with E-state index in [2.05, 4.69) is 31.2 Å². The van der Waals surface area contributed by atoms with Crippen molar-refractivity contribution in [3.63, 3.8) is 0 Å². The van der Waals surface area contributed by atoms with E-state index in [0.717, 1.165) is 16.9 Å². The zero-order valence-corrected chi connectivity index (χ0v) is 11.7. The van der Waals surface area contributed by atoms with Gasteiger partial charge in [-0.15, -0.1) is 5.10 Å². The lowest BCUT2D eigenvalue weighted by Crippen LogP contribution is -1.95. The van der Waals surface area contributed by atoms with Gasteiger partial charge in [0.1, 0.15) is 12.4 Å². The predicted octanol–water partition coefficient (Wildman–Crippen LogP) is 2.22. The Morgan fingerprint density at radius 2 is 1.91 bits per heavy atom. The van der Waals surface area contributed by atoms with Crippen molar-refractivity contribution < 1.29 is 4.74 Å². The number of anilines is 1. The molecule has 0 unspecified atom stereocenters. The van der Waals surface area contributed by atoms with Gasteiger partial charge in [0, 0.05) is 0 Å². The highest BCUT2D eigenvalue weighted by Gasteiger charge is 1.96. The van der Waals surface area contributed by atoms with E-state index in [9.17, 15) is 0 Å². The van der Waals surface area contributed by atoms with Crippen LogP contribution in [0.4, 0.5) is 5.95 Å². The van der Waals surface area contributed by atoms with E-state index in [4.69, 9.17) is 4.74 Å². The number of rotatable bonds is 6. The summed E-state index contributed by atoms with van der Waals surface area (Å²) >= 11 is 0. The first kappa shape index (κ1) is 13.7. The minimum absolute atomic E-state index is 0.319. The number of aromatic nitrogens is 4. The lowest BCUT2D eigenvalue weighted by Gasteiger charge is -2.06. The van der Waals surface area contributed by atoms with Gasteiger partial charge in [0.25, 0.3) is 5.95 Å². The van der Waals surface area contributed by atoms with Gasteiger partial charge in [-0.2, -0.15) is 10.3 Å². The van der Waals surface area contributed by atoms with Gasteiger partial charge >= 0.3 is 0 Å². The predicted molar refractivity (Wildman–Crippen MR) is 82.6 cm³/mol. The highest BCUT2D eigenvalue weighted by molar-refractivity contribution is 5.80. The summed E-state index contributed by atoms with van der Waals surface area (Å²) in [7, 11) is 0. The Hall–Kier alpha value is -3.22. The van der Waals surface area contributed by atoms with Gasteiger partial charge in [0.15, 0.2) is 0 Å². The Morgan fingerprint density at radius 3 is 2.64 bits per heavy atom. The maximum Gasteiger partial charge on any atom is 0.283 e. The topological polar surface area (TPSA) is 88.1 Å². The number of benzene rings is 2. The van der Waals surface area contributed by atoms with Crippen LogP contribution in [0.1, 0.15) is 11.1 Å². The third-order valence-electron chi connectivity index (χ3n) is 2.85. The number of nitrogens with zero attached hydrogens (tertiary/aromatic N) is 4. The van der Waals surface area contributed by atoms with Crippen LogP contribution in [0.15, 0.2) is 59.7 Å². The van der Waals surface area contributed by atoms with Crippen LogP contribution in [0, 0.1) is 0 Å². The second-order valence-corrected chi connectivity index (χ2v) is 4.45. The van der Waals surface area contributed by atoms with Crippen molar-refractivity contribution in [1.82, 2.24) is 20.6 Å². The van der Waals surface area contributed by atoms with Crippen LogP contribution < -0.4 is 10.2 Å². The molecule has 110 valence electrons. The van der Waals surface area contributed by atoms with Crippen molar-refractivity contribution in [1.29, 1.82) is 0 Å². The largest absolute Gasteiger partial charge is 0.489 e. The molecule has 0 amide bonds. The lowest BCUT2D eigenvalue weighted by atomic mass is 10.2. The fraction of sp³-hybridized carbons (Fsp3) is 0.0667. The number of aromatic amines is 1. The maximum absolute atomic E-state index is 5.72. The minimum atomic E-state index is 0.319. The fourth-order valence-electron chi connectivity index (χ4n) is 1.76. The summed E-state index contributed by atoms with van der Waals surface area (Å²) in [6, 6.07) is 17.7. The summed E-state index contributed by atoms with van der Waals surface area (Å²) in [5.74, 6) is 1.13. The first-order valence-electron chi connectivity index (χ1n) is 6.69. The normalized spacial score (nSPS) is 10.7. The molecule has 2 aromatic carbocycles. The van der Waals surface area contributed by atoms with E-state index in [1.807, 2.05) is 54.6 Å². The molecule has 1 heterocycles. The van der Waals surface area contributed by atoms with Crippen molar-refractivity contribution in [2.24, 2.45) is 5.10 Å². The first-order chi connectivity index (χ1) is 10.9. The van der Waals surface area contributed by atoms with Crippen molar-refractivity contribution >= 4 is 12.2 Å². The van der Waals surface area contributed by atoms with Gasteiger partial charge in [-0.1, -0.05) is 35.4 Å². The van der Waals surface area contributed by atoms with Gasteiger partial charge in [-0.25, -0.2) is 5.43 Å². The number of hydrogen-bond acceptors (Lipinski definition) is 6. The van der Waals surface area contributed by atoms with Crippen LogP contribution in [0.3, 0.4) is 0 Å². The van der Waals surface area contributed by atoms with Crippen molar-refractivity contribution in [3.8, 4) is 5.75 Å². The molecule has 0 aliphatic heterocycles. The Bertz CT molecular complexity index is 710. The lowest BCUT2D eigenvalue weighted by molar-refractivity contribution is 0.306. The average molecular weight is 294 g/mol. The SMILES string of the molecule is C(=N\Nc1nn[nH]n1)/c1ccc(OCc2ccccc2)cc1. The Balaban J connectivity index is 1.52. The fourth-order valence-corrected chi connectivity index (χ4v) is 1.76. The van der Waals surface area contributed by atoms with Gasteiger partial charge in [0.2, 0.25) is 0 Å². The van der Waals surface area contributed by atoms with E-state index in [-0.39, 0.29) is 0 Å². The standard InChI is InChI=1S/C15H14N6O/c1-2-4-13(5-3-1)11-22-14-8-6-12(7-9-14)10-16-17-15-18-20-21-19-15/h1-10H,11H2,(H2,17,18,19,20,21)/b16-10+. The minimum Gasteiger partial charge on any atom is -0.489 e. The summed E-state index contributed by atoms with van der Waals surface area (Å²) in [5.41, 5.74) is 4.73. The van der Waals surface area contributed by atoms with Gasteiger partial charge in [-0.05, 0) is 40.6 Å². The van der Waals surface area contributed by atoms with Gasteiger partial charge < -0.3 is 4.74 Å². The summed E-state index contributed by atoms with van der Waals surface area (Å²) in [6.07, 6.45) is 1.66. The van der Waals surface area contributed by atoms with Gasteiger partial charge in [0.05, 0.1) is 6.21 Å². The summed E-state index contributed by atoms with van der Waals surface area (Å²) in [4.78, 5) is 0. The molecule has 0 saturated carbocycles. The highest BCUT2D eigenvalue weighted by Crippen LogP contribution is 2.13. The smallest absolute Gasteiger partial charge is 0.283 e. The molecular weight excluding hydrogens is 280 g/mol. The summed E-state index contributed by atoms with van der Waals surface area (Å²) in [5, 5.41) is 17.2. The molecule has 1 aromatic heterocycles. The van der Waals surface area contributed by atoms with Crippen LogP contribution in [0.5, 0.6) is 5.75 Å². The molecule has 0 aliphatic carbocycles. The molecule has 0 aliphatic rings. The number of hydrazone groups is 1. The van der Waals surface area contributed by atoms with Crippen molar-refractivity contribution in [3.05, 3.63) is 65.7 Å². The monoisotopic (exact) mass is 294 g/mol. The average Bonchev–Trinajstić information content (AvgIpc) is 3.08. The number of H-pyrrole nitrogens is 1. The molecule has 2 N–H and O–H groups in total.